The fourth-order valence-corrected chi connectivity index (χ4v) is 3.16. The Morgan fingerprint density at radius 1 is 1.42 bits per heavy atom. The average molecular weight is 334 g/mol. The molecule has 7 nitrogen and oxygen atoms in total. The van der Waals surface area contributed by atoms with Gasteiger partial charge >= 0.3 is 5.97 Å². The first kappa shape index (κ1) is 17.0. The maximum atomic E-state index is 12.2. The Labute approximate surface area is 141 Å². The molecule has 2 fully saturated rings. The van der Waals surface area contributed by atoms with E-state index in [1.165, 1.54) is 12.8 Å². The maximum absolute atomic E-state index is 12.2. The summed E-state index contributed by atoms with van der Waals surface area (Å²) in [5.74, 6) is 0.0325. The van der Waals surface area contributed by atoms with Crippen LogP contribution in [-0.2, 0) is 4.79 Å². The summed E-state index contributed by atoms with van der Waals surface area (Å²) in [6, 6.07) is 2.16. The third kappa shape index (κ3) is 4.14. The summed E-state index contributed by atoms with van der Waals surface area (Å²) >= 11 is 0. The number of nitrogens with one attached hydrogen (secondary N) is 2. The maximum Gasteiger partial charge on any atom is 0.317 e. The summed E-state index contributed by atoms with van der Waals surface area (Å²) < 4.78 is 0. The molecule has 1 amide bonds. The lowest BCUT2D eigenvalue weighted by molar-refractivity contribution is -0.139. The molecule has 0 aliphatic heterocycles. The van der Waals surface area contributed by atoms with Crippen molar-refractivity contribution in [1.82, 2.24) is 20.4 Å². The van der Waals surface area contributed by atoms with Gasteiger partial charge in [-0.3, -0.25) is 19.6 Å². The zero-order valence-electron chi connectivity index (χ0n) is 14.3. The number of H-pyrrole nitrogens is 1. The van der Waals surface area contributed by atoms with Crippen LogP contribution < -0.4 is 5.32 Å². The fraction of sp³-hybridized carbons (Fsp3) is 0.706. The highest BCUT2D eigenvalue weighted by Crippen LogP contribution is 2.33. The molecule has 2 aliphatic carbocycles. The molecule has 132 valence electrons. The fourth-order valence-electron chi connectivity index (χ4n) is 3.16. The Balaban J connectivity index is 1.47. The zero-order valence-corrected chi connectivity index (χ0v) is 14.3. The Hall–Kier alpha value is -1.89. The van der Waals surface area contributed by atoms with Crippen molar-refractivity contribution in [2.45, 2.75) is 57.5 Å². The Bertz CT molecular complexity index is 603. The number of aromatic amines is 1. The minimum Gasteiger partial charge on any atom is -0.480 e. The highest BCUT2D eigenvalue weighted by molar-refractivity contribution is 5.92. The molecule has 2 aliphatic rings. The number of hydrogen-bond donors (Lipinski definition) is 3. The van der Waals surface area contributed by atoms with Crippen LogP contribution in [0.3, 0.4) is 0 Å². The smallest absolute Gasteiger partial charge is 0.317 e. The van der Waals surface area contributed by atoms with Gasteiger partial charge in [0.25, 0.3) is 5.91 Å². The van der Waals surface area contributed by atoms with Gasteiger partial charge in [0, 0.05) is 24.3 Å². The first-order valence-electron chi connectivity index (χ1n) is 8.74. The van der Waals surface area contributed by atoms with Crippen LogP contribution in [0.1, 0.15) is 61.6 Å². The molecular formula is C17H26N4O3. The van der Waals surface area contributed by atoms with Crippen molar-refractivity contribution in [2.24, 2.45) is 5.92 Å². The van der Waals surface area contributed by atoms with Crippen molar-refractivity contribution in [1.29, 1.82) is 0 Å². The van der Waals surface area contributed by atoms with E-state index in [2.05, 4.69) is 20.4 Å². The second-order valence-corrected chi connectivity index (χ2v) is 7.43. The van der Waals surface area contributed by atoms with Crippen LogP contribution in [0.15, 0.2) is 6.07 Å². The molecule has 7 heteroatoms. The van der Waals surface area contributed by atoms with Crippen LogP contribution in [-0.4, -0.2) is 57.3 Å². The molecule has 1 heterocycles. The van der Waals surface area contributed by atoms with Gasteiger partial charge in [-0.15, -0.1) is 0 Å². The Morgan fingerprint density at radius 3 is 2.67 bits per heavy atom. The molecular weight excluding hydrogens is 308 g/mol. The van der Waals surface area contributed by atoms with Crippen LogP contribution in [0.4, 0.5) is 0 Å². The van der Waals surface area contributed by atoms with Crippen molar-refractivity contribution in [3.63, 3.8) is 0 Å². The molecule has 1 aromatic rings. The molecule has 0 unspecified atom stereocenters. The molecule has 3 rings (SSSR count). The average Bonchev–Trinajstić information content (AvgIpc) is 3.13. The second-order valence-electron chi connectivity index (χ2n) is 7.43. The molecule has 1 aromatic heterocycles. The van der Waals surface area contributed by atoms with E-state index in [0.717, 1.165) is 25.1 Å². The number of aromatic nitrogens is 2. The van der Waals surface area contributed by atoms with E-state index >= 15 is 0 Å². The monoisotopic (exact) mass is 334 g/mol. The third-order valence-electron chi connectivity index (χ3n) is 4.95. The van der Waals surface area contributed by atoms with Crippen molar-refractivity contribution in [2.75, 3.05) is 13.1 Å². The summed E-state index contributed by atoms with van der Waals surface area (Å²) in [5.41, 5.74) is 1.37. The van der Waals surface area contributed by atoms with E-state index in [0.29, 0.717) is 17.5 Å². The molecule has 0 radical (unpaired) electrons. The lowest BCUT2D eigenvalue weighted by Gasteiger charge is -2.42. The van der Waals surface area contributed by atoms with Gasteiger partial charge in [-0.2, -0.15) is 5.10 Å². The van der Waals surface area contributed by atoms with E-state index < -0.39 is 5.97 Å². The zero-order chi connectivity index (χ0) is 17.3. The first-order valence-corrected chi connectivity index (χ1v) is 8.74. The van der Waals surface area contributed by atoms with Crippen molar-refractivity contribution in [3.8, 4) is 0 Å². The van der Waals surface area contributed by atoms with Gasteiger partial charge in [-0.05, 0) is 43.6 Å². The normalized spacial score (nSPS) is 23.3. The summed E-state index contributed by atoms with van der Waals surface area (Å²) in [4.78, 5) is 25.3. The van der Waals surface area contributed by atoms with E-state index in [-0.39, 0.29) is 24.5 Å². The van der Waals surface area contributed by atoms with Gasteiger partial charge in [-0.1, -0.05) is 13.8 Å². The van der Waals surface area contributed by atoms with Gasteiger partial charge in [0.15, 0.2) is 0 Å². The third-order valence-corrected chi connectivity index (χ3v) is 4.95. The standard InChI is InChI=1S/C17H26N4O3/c1-10(2)14-7-15(20-19-14)17(24)18-12-5-13(6-12)21(9-16(22)23)8-11-3-4-11/h7,10-13H,3-6,8-9H2,1-2H3,(H,18,24)(H,19,20)(H,22,23). The molecule has 24 heavy (non-hydrogen) atoms. The van der Waals surface area contributed by atoms with E-state index in [1.54, 1.807) is 6.07 Å². The number of aliphatic carboxylic acids is 1. The molecule has 0 atom stereocenters. The Morgan fingerprint density at radius 2 is 2.12 bits per heavy atom. The Kier molecular flexibility index (Phi) is 4.89. The van der Waals surface area contributed by atoms with E-state index in [1.807, 2.05) is 13.8 Å². The summed E-state index contributed by atoms with van der Waals surface area (Å²) in [6.45, 7) is 5.05. The number of amides is 1. The quantitative estimate of drug-likeness (QED) is 0.670. The lowest BCUT2D eigenvalue weighted by atomic mass is 9.85. The van der Waals surface area contributed by atoms with E-state index in [9.17, 15) is 9.59 Å². The molecule has 0 saturated heterocycles. The number of carboxylic acid groups (broad SMARTS) is 1. The molecule has 3 N–H and O–H groups in total. The van der Waals surface area contributed by atoms with E-state index in [4.69, 9.17) is 5.11 Å². The minimum atomic E-state index is -0.777. The molecule has 0 aromatic carbocycles. The number of nitrogens with zero attached hydrogens (tertiary/aromatic N) is 2. The van der Waals surface area contributed by atoms with Crippen LogP contribution in [0.25, 0.3) is 0 Å². The number of carbonyl (C=O) groups is 2. The van der Waals surface area contributed by atoms with Crippen molar-refractivity contribution < 1.29 is 14.7 Å². The van der Waals surface area contributed by atoms with Crippen LogP contribution >= 0.6 is 0 Å². The second kappa shape index (κ2) is 6.93. The SMILES string of the molecule is CC(C)c1cc(C(=O)NC2CC(N(CC(=O)O)CC3CC3)C2)n[nH]1. The topological polar surface area (TPSA) is 98.3 Å². The number of carbonyl (C=O) groups excluding carboxylic acids is 1. The van der Waals surface area contributed by atoms with Crippen molar-refractivity contribution in [3.05, 3.63) is 17.5 Å². The van der Waals surface area contributed by atoms with Crippen molar-refractivity contribution >= 4 is 11.9 Å². The summed E-state index contributed by atoms with van der Waals surface area (Å²) in [6.07, 6.45) is 4.04. The van der Waals surface area contributed by atoms with Crippen LogP contribution in [0.2, 0.25) is 0 Å². The van der Waals surface area contributed by atoms with Gasteiger partial charge in [0.1, 0.15) is 5.69 Å². The lowest BCUT2D eigenvalue weighted by Crippen LogP contribution is -2.55. The predicted molar refractivity (Wildman–Crippen MR) is 88.9 cm³/mol. The molecule has 0 bridgehead atoms. The minimum absolute atomic E-state index is 0.0962. The predicted octanol–water partition coefficient (Wildman–Crippen LogP) is 1.59. The summed E-state index contributed by atoms with van der Waals surface area (Å²) in [5, 5.41) is 19.0. The number of hydrogen-bond acceptors (Lipinski definition) is 4. The first-order chi connectivity index (χ1) is 11.4. The summed E-state index contributed by atoms with van der Waals surface area (Å²) in [7, 11) is 0. The van der Waals surface area contributed by atoms with Gasteiger partial charge < -0.3 is 10.4 Å². The van der Waals surface area contributed by atoms with Gasteiger partial charge in [-0.25, -0.2) is 0 Å². The largest absolute Gasteiger partial charge is 0.480 e. The highest BCUT2D eigenvalue weighted by atomic mass is 16.4. The molecule has 2 saturated carbocycles. The number of rotatable bonds is 8. The number of carboxylic acids is 1. The van der Waals surface area contributed by atoms with Crippen LogP contribution in [0, 0.1) is 5.92 Å². The van der Waals surface area contributed by atoms with Gasteiger partial charge in [0.2, 0.25) is 0 Å². The van der Waals surface area contributed by atoms with Crippen LogP contribution in [0.5, 0.6) is 0 Å². The highest BCUT2D eigenvalue weighted by Gasteiger charge is 2.38. The molecule has 0 spiro atoms. The van der Waals surface area contributed by atoms with Gasteiger partial charge in [0.05, 0.1) is 6.54 Å².